The average Bonchev–Trinajstić information content (AvgIpc) is 3.15. The number of nitriles is 1. The Kier molecular flexibility index (Phi) is 4.17. The molecule has 138 valence electrons. The molecule has 0 spiro atoms. The zero-order valence-corrected chi connectivity index (χ0v) is 15.7. The molecular formula is C21H18N6O. The Balaban J connectivity index is 1.92. The van der Waals surface area contributed by atoms with Gasteiger partial charge in [0.25, 0.3) is 0 Å². The second-order valence-electron chi connectivity index (χ2n) is 6.55. The number of phenolic OH excluding ortho intramolecular Hbond substituents is 1. The number of pyridine rings is 1. The summed E-state index contributed by atoms with van der Waals surface area (Å²) in [6.45, 7) is 3.79. The van der Waals surface area contributed by atoms with Gasteiger partial charge in [0.2, 0.25) is 5.95 Å². The van der Waals surface area contributed by atoms with E-state index in [2.05, 4.69) is 31.3 Å². The maximum Gasteiger partial charge on any atom is 0.222 e. The van der Waals surface area contributed by atoms with Crippen LogP contribution in [0.3, 0.4) is 0 Å². The number of rotatable bonds is 3. The fourth-order valence-electron chi connectivity index (χ4n) is 3.39. The van der Waals surface area contributed by atoms with Crippen molar-refractivity contribution < 1.29 is 5.11 Å². The third-order valence-electron chi connectivity index (χ3n) is 4.87. The SMILES string of the molecule is CNc1ncc(-c2cc3c(C#N)c(-c4c(C)ccc(O)c4C)cnc3[nH]2)cn1. The van der Waals surface area contributed by atoms with E-state index in [9.17, 15) is 10.4 Å². The third kappa shape index (κ3) is 2.72. The second kappa shape index (κ2) is 6.67. The van der Waals surface area contributed by atoms with Gasteiger partial charge in [-0.05, 0) is 42.7 Å². The normalized spacial score (nSPS) is 10.8. The fourth-order valence-corrected chi connectivity index (χ4v) is 3.39. The van der Waals surface area contributed by atoms with Crippen molar-refractivity contribution in [1.82, 2.24) is 19.9 Å². The van der Waals surface area contributed by atoms with Gasteiger partial charge in [-0.15, -0.1) is 0 Å². The summed E-state index contributed by atoms with van der Waals surface area (Å²) in [5.74, 6) is 0.730. The average molecular weight is 370 g/mol. The molecule has 3 heterocycles. The summed E-state index contributed by atoms with van der Waals surface area (Å²) in [5.41, 5.74) is 5.93. The molecule has 0 aliphatic heterocycles. The minimum Gasteiger partial charge on any atom is -0.508 e. The lowest BCUT2D eigenvalue weighted by Gasteiger charge is -2.13. The molecular weight excluding hydrogens is 352 g/mol. The van der Waals surface area contributed by atoms with Crippen LogP contribution in [0.2, 0.25) is 0 Å². The van der Waals surface area contributed by atoms with Gasteiger partial charge in [-0.2, -0.15) is 5.26 Å². The highest BCUT2D eigenvalue weighted by atomic mass is 16.3. The van der Waals surface area contributed by atoms with Crippen molar-refractivity contribution in [2.45, 2.75) is 13.8 Å². The number of nitrogens with one attached hydrogen (secondary N) is 2. The number of aromatic hydroxyl groups is 1. The molecule has 0 aliphatic rings. The van der Waals surface area contributed by atoms with Crippen LogP contribution in [-0.2, 0) is 0 Å². The summed E-state index contributed by atoms with van der Waals surface area (Å²) in [6, 6.07) is 7.70. The first-order valence-electron chi connectivity index (χ1n) is 8.75. The van der Waals surface area contributed by atoms with Gasteiger partial charge in [0.05, 0.1) is 11.3 Å². The maximum absolute atomic E-state index is 10.1. The second-order valence-corrected chi connectivity index (χ2v) is 6.55. The molecule has 3 N–H and O–H groups in total. The Hall–Kier alpha value is -3.92. The van der Waals surface area contributed by atoms with Gasteiger partial charge in [0.15, 0.2) is 0 Å². The molecule has 0 saturated carbocycles. The monoisotopic (exact) mass is 370 g/mol. The minimum atomic E-state index is 0.195. The van der Waals surface area contributed by atoms with Crippen LogP contribution in [0.25, 0.3) is 33.4 Å². The molecule has 0 fully saturated rings. The standard InChI is InChI=1S/C21H18N6O/c1-11-4-5-18(28)12(2)19(11)16-10-24-20-14(15(16)7-22)6-17(27-20)13-8-25-21(23-3)26-9-13/h4-6,8-10,28H,1-3H3,(H,24,27)(H,23,25,26). The molecule has 0 amide bonds. The van der Waals surface area contributed by atoms with E-state index >= 15 is 0 Å². The van der Waals surface area contributed by atoms with E-state index in [4.69, 9.17) is 0 Å². The first kappa shape index (κ1) is 17.5. The van der Waals surface area contributed by atoms with Crippen molar-refractivity contribution in [3.63, 3.8) is 0 Å². The molecule has 0 aliphatic carbocycles. The number of H-pyrrole nitrogens is 1. The number of benzene rings is 1. The van der Waals surface area contributed by atoms with Crippen LogP contribution in [0.4, 0.5) is 5.95 Å². The van der Waals surface area contributed by atoms with E-state index in [1.165, 1.54) is 0 Å². The van der Waals surface area contributed by atoms with Crippen molar-refractivity contribution in [1.29, 1.82) is 5.26 Å². The van der Waals surface area contributed by atoms with Crippen LogP contribution in [0.15, 0.2) is 36.8 Å². The number of aromatic amines is 1. The van der Waals surface area contributed by atoms with Gasteiger partial charge < -0.3 is 15.4 Å². The van der Waals surface area contributed by atoms with Crippen molar-refractivity contribution in [2.75, 3.05) is 12.4 Å². The Morgan fingerprint density at radius 1 is 1.11 bits per heavy atom. The van der Waals surface area contributed by atoms with Crippen molar-refractivity contribution in [3.05, 3.63) is 53.5 Å². The van der Waals surface area contributed by atoms with E-state index in [1.807, 2.05) is 26.0 Å². The number of phenols is 1. The quantitative estimate of drug-likeness (QED) is 0.504. The topological polar surface area (TPSA) is 111 Å². The lowest BCUT2D eigenvalue weighted by Crippen LogP contribution is -1.95. The number of hydrogen-bond donors (Lipinski definition) is 3. The van der Waals surface area contributed by atoms with Crippen LogP contribution in [0.5, 0.6) is 5.75 Å². The highest BCUT2D eigenvalue weighted by molar-refractivity contribution is 5.94. The lowest BCUT2D eigenvalue weighted by atomic mass is 9.92. The first-order valence-corrected chi connectivity index (χ1v) is 8.75. The van der Waals surface area contributed by atoms with Gasteiger partial charge in [-0.1, -0.05) is 6.07 Å². The predicted octanol–water partition coefficient (Wildman–Crippen LogP) is 3.92. The summed E-state index contributed by atoms with van der Waals surface area (Å²) in [7, 11) is 1.76. The first-order chi connectivity index (χ1) is 13.5. The van der Waals surface area contributed by atoms with E-state index in [0.717, 1.165) is 33.3 Å². The number of fused-ring (bicyclic) bond motifs is 1. The number of nitrogens with zero attached hydrogens (tertiary/aromatic N) is 4. The van der Waals surface area contributed by atoms with Gasteiger partial charge in [-0.25, -0.2) is 15.0 Å². The lowest BCUT2D eigenvalue weighted by molar-refractivity contribution is 0.471. The number of anilines is 1. The summed E-state index contributed by atoms with van der Waals surface area (Å²) < 4.78 is 0. The van der Waals surface area contributed by atoms with Gasteiger partial charge >= 0.3 is 0 Å². The molecule has 4 rings (SSSR count). The van der Waals surface area contributed by atoms with Crippen LogP contribution >= 0.6 is 0 Å². The largest absolute Gasteiger partial charge is 0.508 e. The fraction of sp³-hybridized carbons (Fsp3) is 0.143. The van der Waals surface area contributed by atoms with Gasteiger partial charge in [-0.3, -0.25) is 0 Å². The van der Waals surface area contributed by atoms with Crippen LogP contribution < -0.4 is 5.32 Å². The summed E-state index contributed by atoms with van der Waals surface area (Å²) in [6.07, 6.45) is 5.09. The number of aryl methyl sites for hydroxylation is 1. The molecule has 0 atom stereocenters. The van der Waals surface area contributed by atoms with Gasteiger partial charge in [0.1, 0.15) is 17.5 Å². The van der Waals surface area contributed by atoms with Crippen molar-refractivity contribution in [3.8, 4) is 34.2 Å². The molecule has 0 bridgehead atoms. The van der Waals surface area contributed by atoms with E-state index < -0.39 is 0 Å². The van der Waals surface area contributed by atoms with Crippen molar-refractivity contribution in [2.24, 2.45) is 0 Å². The molecule has 1 aromatic carbocycles. The summed E-state index contributed by atoms with van der Waals surface area (Å²) >= 11 is 0. The zero-order valence-electron chi connectivity index (χ0n) is 15.7. The third-order valence-corrected chi connectivity index (χ3v) is 4.87. The molecule has 4 aromatic rings. The smallest absolute Gasteiger partial charge is 0.222 e. The van der Waals surface area contributed by atoms with Crippen molar-refractivity contribution >= 4 is 17.0 Å². The molecule has 7 heteroatoms. The maximum atomic E-state index is 10.1. The highest BCUT2D eigenvalue weighted by Gasteiger charge is 2.18. The molecule has 3 aromatic heterocycles. The summed E-state index contributed by atoms with van der Waals surface area (Å²) in [4.78, 5) is 16.2. The van der Waals surface area contributed by atoms with Crippen LogP contribution in [0, 0.1) is 25.2 Å². The Morgan fingerprint density at radius 3 is 2.54 bits per heavy atom. The summed E-state index contributed by atoms with van der Waals surface area (Å²) in [5, 5.41) is 23.6. The number of aromatic nitrogens is 4. The highest BCUT2D eigenvalue weighted by Crippen LogP contribution is 2.37. The molecule has 7 nitrogen and oxygen atoms in total. The molecule has 0 unspecified atom stereocenters. The van der Waals surface area contributed by atoms with E-state index in [-0.39, 0.29) is 5.75 Å². The van der Waals surface area contributed by atoms with E-state index in [0.29, 0.717) is 22.7 Å². The molecule has 0 radical (unpaired) electrons. The Morgan fingerprint density at radius 2 is 1.86 bits per heavy atom. The number of hydrogen-bond acceptors (Lipinski definition) is 6. The van der Waals surface area contributed by atoms with Crippen LogP contribution in [0.1, 0.15) is 16.7 Å². The molecule has 28 heavy (non-hydrogen) atoms. The Labute approximate surface area is 161 Å². The predicted molar refractivity (Wildman–Crippen MR) is 108 cm³/mol. The van der Waals surface area contributed by atoms with Gasteiger partial charge in [0, 0.05) is 42.2 Å². The Bertz CT molecular complexity index is 1230. The van der Waals surface area contributed by atoms with E-state index in [1.54, 1.807) is 31.7 Å². The minimum absolute atomic E-state index is 0.195. The van der Waals surface area contributed by atoms with Crippen LogP contribution in [-0.4, -0.2) is 32.1 Å². The molecule has 0 saturated heterocycles. The zero-order chi connectivity index (χ0) is 19.8.